The Hall–Kier alpha value is -1.01. The standard InChI is InChI=1S/C14H13Cl3O5/c1-19-10-6-3-4-21-11(6)13(20-2)12-9(10)7(18)5-8(22-12)14(15,16)17/h3-4,7-8,18H,5H2,1-2H3/t7-,8-/m1/s1. The molecule has 2 atom stereocenters. The van der Waals surface area contributed by atoms with Crippen molar-refractivity contribution < 1.29 is 23.7 Å². The number of furan rings is 1. The number of alkyl halides is 3. The fourth-order valence-electron chi connectivity index (χ4n) is 2.67. The Bertz CT molecular complexity index is 707. The molecule has 0 amide bonds. The first-order chi connectivity index (χ1) is 10.4. The molecule has 1 N–H and O–H groups in total. The van der Waals surface area contributed by atoms with Crippen molar-refractivity contribution in [2.24, 2.45) is 0 Å². The van der Waals surface area contributed by atoms with E-state index in [4.69, 9.17) is 53.4 Å². The number of rotatable bonds is 2. The molecule has 0 bridgehead atoms. The molecule has 2 aromatic rings. The van der Waals surface area contributed by atoms with Gasteiger partial charge in [-0.3, -0.25) is 0 Å². The van der Waals surface area contributed by atoms with Crippen LogP contribution < -0.4 is 14.2 Å². The topological polar surface area (TPSA) is 61.1 Å². The van der Waals surface area contributed by atoms with Gasteiger partial charge < -0.3 is 23.7 Å². The number of hydrogen-bond acceptors (Lipinski definition) is 5. The molecule has 1 aliphatic heterocycles. The van der Waals surface area contributed by atoms with Crippen molar-refractivity contribution in [2.45, 2.75) is 22.4 Å². The molecule has 0 aliphatic carbocycles. The van der Waals surface area contributed by atoms with Crippen LogP contribution in [0.2, 0.25) is 0 Å². The molecule has 120 valence electrons. The fraction of sp³-hybridized carbons (Fsp3) is 0.429. The highest BCUT2D eigenvalue weighted by molar-refractivity contribution is 6.68. The third-order valence-electron chi connectivity index (χ3n) is 3.62. The summed E-state index contributed by atoms with van der Waals surface area (Å²) in [5.74, 6) is 1.04. The van der Waals surface area contributed by atoms with E-state index in [0.717, 1.165) is 0 Å². The summed E-state index contributed by atoms with van der Waals surface area (Å²) in [6, 6.07) is 1.73. The monoisotopic (exact) mass is 366 g/mol. The number of halogens is 3. The van der Waals surface area contributed by atoms with E-state index in [0.29, 0.717) is 28.0 Å². The Morgan fingerprint density at radius 2 is 1.91 bits per heavy atom. The lowest BCUT2D eigenvalue weighted by Gasteiger charge is -2.34. The molecule has 0 radical (unpaired) electrons. The summed E-state index contributed by atoms with van der Waals surface area (Å²) in [6.07, 6.45) is -0.134. The zero-order valence-electron chi connectivity index (χ0n) is 11.7. The van der Waals surface area contributed by atoms with E-state index < -0.39 is 16.0 Å². The first kappa shape index (κ1) is 15.9. The van der Waals surface area contributed by atoms with E-state index in [1.54, 1.807) is 6.07 Å². The number of aliphatic hydroxyl groups excluding tert-OH is 1. The third-order valence-corrected chi connectivity index (χ3v) is 4.35. The van der Waals surface area contributed by atoms with E-state index in [1.165, 1.54) is 20.5 Å². The second kappa shape index (κ2) is 5.57. The minimum Gasteiger partial charge on any atom is -0.495 e. The minimum absolute atomic E-state index is 0.117. The average molecular weight is 368 g/mol. The Labute approximate surface area is 141 Å². The predicted molar refractivity (Wildman–Crippen MR) is 83.6 cm³/mol. The molecule has 3 rings (SSSR count). The van der Waals surface area contributed by atoms with Crippen molar-refractivity contribution in [3.63, 3.8) is 0 Å². The Morgan fingerprint density at radius 1 is 1.23 bits per heavy atom. The van der Waals surface area contributed by atoms with E-state index in [1.807, 2.05) is 0 Å². The number of benzene rings is 1. The fourth-order valence-corrected chi connectivity index (χ4v) is 3.07. The van der Waals surface area contributed by atoms with Crippen molar-refractivity contribution in [1.82, 2.24) is 0 Å². The summed E-state index contributed by atoms with van der Waals surface area (Å²) in [4.78, 5) is 0. The minimum atomic E-state index is -1.69. The van der Waals surface area contributed by atoms with Crippen molar-refractivity contribution in [1.29, 1.82) is 0 Å². The molecule has 0 unspecified atom stereocenters. The molecule has 2 heterocycles. The maximum absolute atomic E-state index is 10.5. The molecule has 22 heavy (non-hydrogen) atoms. The van der Waals surface area contributed by atoms with Crippen LogP contribution in [-0.4, -0.2) is 29.2 Å². The molecule has 0 saturated carbocycles. The Kier molecular flexibility index (Phi) is 4.01. The lowest BCUT2D eigenvalue weighted by molar-refractivity contribution is 0.0632. The van der Waals surface area contributed by atoms with Crippen LogP contribution in [0.5, 0.6) is 17.2 Å². The second-order valence-corrected chi connectivity index (χ2v) is 7.24. The zero-order chi connectivity index (χ0) is 16.1. The summed E-state index contributed by atoms with van der Waals surface area (Å²) in [6.45, 7) is 0. The third kappa shape index (κ3) is 2.36. The largest absolute Gasteiger partial charge is 0.495 e. The first-order valence-corrected chi connectivity index (χ1v) is 7.58. The highest BCUT2D eigenvalue weighted by Crippen LogP contribution is 2.54. The van der Waals surface area contributed by atoms with Crippen LogP contribution in [0.25, 0.3) is 11.0 Å². The zero-order valence-corrected chi connectivity index (χ0v) is 14.0. The van der Waals surface area contributed by atoms with Crippen LogP contribution in [0, 0.1) is 0 Å². The van der Waals surface area contributed by atoms with Crippen LogP contribution in [-0.2, 0) is 0 Å². The molecule has 0 spiro atoms. The van der Waals surface area contributed by atoms with E-state index in [2.05, 4.69) is 0 Å². The number of fused-ring (bicyclic) bond motifs is 2. The van der Waals surface area contributed by atoms with Crippen molar-refractivity contribution in [2.75, 3.05) is 14.2 Å². The Balaban J connectivity index is 2.28. The SMILES string of the molecule is COc1c2c(c(OC)c3occc13)O[C@@H](C(Cl)(Cl)Cl)C[C@H]2O. The van der Waals surface area contributed by atoms with Gasteiger partial charge in [0.15, 0.2) is 11.3 Å². The second-order valence-electron chi connectivity index (χ2n) is 4.87. The molecule has 0 fully saturated rings. The molecule has 1 aromatic carbocycles. The van der Waals surface area contributed by atoms with Gasteiger partial charge in [-0.25, -0.2) is 0 Å². The highest BCUT2D eigenvalue weighted by atomic mass is 35.6. The number of hydrogen-bond donors (Lipinski definition) is 1. The predicted octanol–water partition coefficient (Wildman–Crippen LogP) is 4.00. The van der Waals surface area contributed by atoms with Gasteiger partial charge in [0.05, 0.1) is 37.5 Å². The van der Waals surface area contributed by atoms with Gasteiger partial charge in [0.2, 0.25) is 9.54 Å². The van der Waals surface area contributed by atoms with Gasteiger partial charge in [0.25, 0.3) is 0 Å². The van der Waals surface area contributed by atoms with E-state index in [9.17, 15) is 5.11 Å². The van der Waals surface area contributed by atoms with Gasteiger partial charge in [-0.05, 0) is 6.07 Å². The van der Waals surface area contributed by atoms with Gasteiger partial charge in [0, 0.05) is 6.42 Å². The lowest BCUT2D eigenvalue weighted by Crippen LogP contribution is -2.37. The highest BCUT2D eigenvalue weighted by Gasteiger charge is 2.43. The number of methoxy groups -OCH3 is 2. The van der Waals surface area contributed by atoms with Gasteiger partial charge >= 0.3 is 0 Å². The molecular weight excluding hydrogens is 355 g/mol. The summed E-state index contributed by atoms with van der Waals surface area (Å²) in [7, 11) is 2.97. The molecule has 1 aromatic heterocycles. The summed E-state index contributed by atoms with van der Waals surface area (Å²) in [5, 5.41) is 11.2. The molecule has 1 aliphatic rings. The maximum atomic E-state index is 10.5. The number of ether oxygens (including phenoxy) is 3. The van der Waals surface area contributed by atoms with Crippen molar-refractivity contribution in [3.05, 3.63) is 17.9 Å². The molecule has 5 nitrogen and oxygen atoms in total. The van der Waals surface area contributed by atoms with Gasteiger partial charge in [0.1, 0.15) is 11.9 Å². The summed E-state index contributed by atoms with van der Waals surface area (Å²) >= 11 is 17.7. The Morgan fingerprint density at radius 3 is 2.50 bits per heavy atom. The maximum Gasteiger partial charge on any atom is 0.226 e. The number of aliphatic hydroxyl groups is 1. The molecular formula is C14H13Cl3O5. The first-order valence-electron chi connectivity index (χ1n) is 6.45. The molecule has 8 heteroatoms. The van der Waals surface area contributed by atoms with Crippen LogP contribution in [0.3, 0.4) is 0 Å². The van der Waals surface area contributed by atoms with Gasteiger partial charge in [-0.15, -0.1) is 0 Å². The summed E-state index contributed by atoms with van der Waals surface area (Å²) < 4.78 is 20.3. The van der Waals surface area contributed by atoms with E-state index >= 15 is 0 Å². The normalized spacial score (nSPS) is 21.4. The van der Waals surface area contributed by atoms with Crippen LogP contribution in [0.1, 0.15) is 18.1 Å². The average Bonchev–Trinajstić information content (AvgIpc) is 2.92. The van der Waals surface area contributed by atoms with Gasteiger partial charge in [-0.2, -0.15) is 0 Å². The van der Waals surface area contributed by atoms with Crippen LogP contribution >= 0.6 is 34.8 Å². The smallest absolute Gasteiger partial charge is 0.226 e. The van der Waals surface area contributed by atoms with Crippen LogP contribution in [0.4, 0.5) is 0 Å². The van der Waals surface area contributed by atoms with Crippen molar-refractivity contribution >= 4 is 45.8 Å². The summed E-state index contributed by atoms with van der Waals surface area (Å²) in [5.41, 5.74) is 0.897. The molecule has 0 saturated heterocycles. The quantitative estimate of drug-likeness (QED) is 0.813. The van der Waals surface area contributed by atoms with E-state index in [-0.39, 0.29) is 12.2 Å². The lowest BCUT2D eigenvalue weighted by atomic mass is 9.96. The van der Waals surface area contributed by atoms with Gasteiger partial charge in [-0.1, -0.05) is 34.8 Å². The van der Waals surface area contributed by atoms with Crippen molar-refractivity contribution in [3.8, 4) is 17.2 Å². The van der Waals surface area contributed by atoms with Crippen LogP contribution in [0.15, 0.2) is 16.7 Å².